The number of thiazole rings is 1. The van der Waals surface area contributed by atoms with E-state index in [9.17, 15) is 17.6 Å². The van der Waals surface area contributed by atoms with Crippen LogP contribution >= 0.6 is 11.3 Å². The first-order valence-corrected chi connectivity index (χ1v) is 12.8. The molecule has 1 aliphatic rings. The van der Waals surface area contributed by atoms with Crippen LogP contribution < -0.4 is 10.0 Å². The van der Waals surface area contributed by atoms with E-state index in [0.717, 1.165) is 6.20 Å². The largest absolute Gasteiger partial charge is 0.387 e. The van der Waals surface area contributed by atoms with E-state index in [1.54, 1.807) is 6.07 Å². The Balaban J connectivity index is 1.53. The molecule has 1 aliphatic heterocycles. The second-order valence-electron chi connectivity index (χ2n) is 7.33. The molecule has 4 rings (SSSR count). The van der Waals surface area contributed by atoms with Gasteiger partial charge in [0.2, 0.25) is 10.0 Å². The molecule has 2 N–H and O–H groups in total. The number of aromatic nitrogens is 3. The van der Waals surface area contributed by atoms with Crippen molar-refractivity contribution in [3.63, 3.8) is 0 Å². The molecule has 3 heterocycles. The van der Waals surface area contributed by atoms with Crippen LogP contribution in [0.5, 0.6) is 0 Å². The number of carbonyl (C=O) groups excluding carboxylic acids is 1. The lowest BCUT2D eigenvalue weighted by atomic mass is 10.1. The Labute approximate surface area is 204 Å². The second-order valence-corrected chi connectivity index (χ2v) is 10.0. The van der Waals surface area contributed by atoms with Gasteiger partial charge in [-0.3, -0.25) is 10.1 Å². The molecule has 1 saturated heterocycles. The van der Waals surface area contributed by atoms with Gasteiger partial charge in [0.25, 0.3) is 5.91 Å². The van der Waals surface area contributed by atoms with Crippen LogP contribution in [0.4, 0.5) is 9.52 Å². The Hall–Kier alpha value is -3.33. The summed E-state index contributed by atoms with van der Waals surface area (Å²) in [6.07, 6.45) is 5.23. The van der Waals surface area contributed by atoms with Crippen molar-refractivity contribution in [2.75, 3.05) is 18.5 Å². The molecule has 1 fully saturated rings. The zero-order valence-corrected chi connectivity index (χ0v) is 19.9. The molecule has 0 atom stereocenters. The van der Waals surface area contributed by atoms with Gasteiger partial charge in [0.15, 0.2) is 28.4 Å². The van der Waals surface area contributed by atoms with Gasteiger partial charge in [0, 0.05) is 37.2 Å². The van der Waals surface area contributed by atoms with Crippen molar-refractivity contribution in [2.24, 2.45) is 5.16 Å². The monoisotopic (exact) mass is 520 g/mol. The van der Waals surface area contributed by atoms with Crippen molar-refractivity contribution in [3.05, 3.63) is 65.4 Å². The first-order chi connectivity index (χ1) is 16.9. The number of carbonyl (C=O) groups is 1. The summed E-state index contributed by atoms with van der Waals surface area (Å²) in [7, 11) is -3.77. The van der Waals surface area contributed by atoms with Gasteiger partial charge < -0.3 is 9.57 Å². The van der Waals surface area contributed by atoms with Crippen LogP contribution in [0, 0.1) is 5.13 Å². The van der Waals surface area contributed by atoms with Crippen LogP contribution in [-0.2, 0) is 31.0 Å². The summed E-state index contributed by atoms with van der Waals surface area (Å²) >= 11 is 0.650. The fourth-order valence-corrected chi connectivity index (χ4v) is 4.99. The molecule has 0 saturated carbocycles. The van der Waals surface area contributed by atoms with Crippen LogP contribution in [0.15, 0.2) is 59.0 Å². The fourth-order valence-electron chi connectivity index (χ4n) is 3.15. The molecule has 0 aliphatic carbocycles. The van der Waals surface area contributed by atoms with E-state index in [0.29, 0.717) is 43.2 Å². The van der Waals surface area contributed by atoms with Crippen molar-refractivity contribution in [2.45, 2.75) is 30.4 Å². The number of amides is 1. The standard InChI is InChI=1S/C21H21FN6O5S2/c22-17-12-25-21(34-17)26-20(29)19(27-33-13-18-23-8-1-9-24-18)14-2-4-16(5-3-14)35(30,31)28-15-6-10-32-11-7-15/h1-5,8-9,12,15,28H,6-7,10-11,13H2,(H,25,26,29)/b27-19+. The molecular weight excluding hydrogens is 499 g/mol. The topological polar surface area (TPSA) is 145 Å². The zero-order valence-electron chi connectivity index (χ0n) is 18.3. The highest BCUT2D eigenvalue weighted by atomic mass is 32.2. The van der Waals surface area contributed by atoms with Crippen LogP contribution in [0.1, 0.15) is 24.2 Å². The highest BCUT2D eigenvalue weighted by molar-refractivity contribution is 7.89. The minimum absolute atomic E-state index is 0.0338. The number of oxime groups is 1. The molecule has 0 unspecified atom stereocenters. The Kier molecular flexibility index (Phi) is 8.07. The lowest BCUT2D eigenvalue weighted by Crippen LogP contribution is -2.38. The number of ether oxygens (including phenoxy) is 1. The van der Waals surface area contributed by atoms with E-state index in [-0.39, 0.29) is 34.0 Å². The van der Waals surface area contributed by atoms with Gasteiger partial charge in [0.1, 0.15) is 0 Å². The zero-order chi connectivity index (χ0) is 24.7. The maximum atomic E-state index is 13.3. The number of halogens is 1. The van der Waals surface area contributed by atoms with Gasteiger partial charge >= 0.3 is 0 Å². The summed E-state index contributed by atoms with van der Waals surface area (Å²) in [5, 5.41) is 5.83. The Morgan fingerprint density at radius 1 is 1.17 bits per heavy atom. The summed E-state index contributed by atoms with van der Waals surface area (Å²) in [5.41, 5.74) is 0.108. The van der Waals surface area contributed by atoms with Crippen LogP contribution in [0.25, 0.3) is 0 Å². The Bertz CT molecular complexity index is 1280. The number of hydrogen-bond acceptors (Lipinski definition) is 10. The summed E-state index contributed by atoms with van der Waals surface area (Å²) in [6.45, 7) is 0.890. The van der Waals surface area contributed by atoms with E-state index in [1.807, 2.05) is 0 Å². The van der Waals surface area contributed by atoms with Crippen molar-refractivity contribution < 1.29 is 27.2 Å². The van der Waals surface area contributed by atoms with E-state index in [1.165, 1.54) is 36.7 Å². The average molecular weight is 521 g/mol. The van der Waals surface area contributed by atoms with E-state index in [4.69, 9.17) is 9.57 Å². The second kappa shape index (κ2) is 11.4. The number of nitrogens with zero attached hydrogens (tertiary/aromatic N) is 4. The highest BCUT2D eigenvalue weighted by Crippen LogP contribution is 2.18. The Morgan fingerprint density at radius 3 is 2.54 bits per heavy atom. The molecule has 0 radical (unpaired) electrons. The van der Waals surface area contributed by atoms with E-state index in [2.05, 4.69) is 30.1 Å². The SMILES string of the molecule is O=C(Nc1ncc(F)s1)/C(=N/OCc1ncccn1)c1ccc(S(=O)(=O)NC2CCOCC2)cc1. The van der Waals surface area contributed by atoms with Crippen molar-refractivity contribution >= 4 is 38.1 Å². The first kappa shape index (κ1) is 24.8. The first-order valence-electron chi connectivity index (χ1n) is 10.5. The summed E-state index contributed by atoms with van der Waals surface area (Å²) in [5.74, 6) is -0.372. The normalized spacial score (nSPS) is 15.1. The molecule has 1 aromatic carbocycles. The van der Waals surface area contributed by atoms with Gasteiger partial charge in [0.05, 0.1) is 11.1 Å². The lowest BCUT2D eigenvalue weighted by molar-refractivity contribution is -0.110. The van der Waals surface area contributed by atoms with Crippen LogP contribution in [0.3, 0.4) is 0 Å². The molecule has 0 bridgehead atoms. The van der Waals surface area contributed by atoms with E-state index >= 15 is 0 Å². The summed E-state index contributed by atoms with van der Waals surface area (Å²) in [4.78, 5) is 29.9. The molecule has 1 amide bonds. The summed E-state index contributed by atoms with van der Waals surface area (Å²) in [6, 6.07) is 7.03. The molecule has 35 heavy (non-hydrogen) atoms. The van der Waals surface area contributed by atoms with E-state index < -0.39 is 21.1 Å². The number of benzene rings is 1. The minimum Gasteiger partial charge on any atom is -0.387 e. The van der Waals surface area contributed by atoms with Gasteiger partial charge in [-0.2, -0.15) is 4.39 Å². The lowest BCUT2D eigenvalue weighted by Gasteiger charge is -2.23. The maximum Gasteiger partial charge on any atom is 0.280 e. The molecule has 3 aromatic rings. The highest BCUT2D eigenvalue weighted by Gasteiger charge is 2.23. The third kappa shape index (κ3) is 6.85. The van der Waals surface area contributed by atoms with Crippen molar-refractivity contribution in [1.82, 2.24) is 19.7 Å². The number of sulfonamides is 1. The third-order valence-electron chi connectivity index (χ3n) is 4.86. The van der Waals surface area contributed by atoms with Crippen LogP contribution in [-0.4, -0.2) is 54.2 Å². The van der Waals surface area contributed by atoms with Gasteiger partial charge in [-0.15, -0.1) is 0 Å². The molecule has 2 aromatic heterocycles. The quantitative estimate of drug-likeness (QED) is 0.322. The third-order valence-corrected chi connectivity index (χ3v) is 7.10. The molecule has 14 heteroatoms. The number of hydrogen-bond donors (Lipinski definition) is 2. The van der Waals surface area contributed by atoms with Crippen molar-refractivity contribution in [1.29, 1.82) is 0 Å². The van der Waals surface area contributed by atoms with Gasteiger partial charge in [-0.05, 0) is 31.0 Å². The molecule has 0 spiro atoms. The molecule has 184 valence electrons. The Morgan fingerprint density at radius 2 is 1.89 bits per heavy atom. The van der Waals surface area contributed by atoms with Gasteiger partial charge in [-0.25, -0.2) is 28.1 Å². The molecule has 11 nitrogen and oxygen atoms in total. The molecular formula is C21H21FN6O5S2. The number of anilines is 1. The fraction of sp³-hybridized carbons (Fsp3) is 0.286. The van der Waals surface area contributed by atoms with Crippen LogP contribution in [0.2, 0.25) is 0 Å². The minimum atomic E-state index is -3.77. The smallest absolute Gasteiger partial charge is 0.280 e. The number of nitrogens with one attached hydrogen (secondary N) is 2. The average Bonchev–Trinajstić information content (AvgIpc) is 3.27. The van der Waals surface area contributed by atoms with Gasteiger partial charge in [-0.1, -0.05) is 28.6 Å². The number of rotatable bonds is 9. The predicted molar refractivity (Wildman–Crippen MR) is 125 cm³/mol. The maximum absolute atomic E-state index is 13.3. The van der Waals surface area contributed by atoms with Crippen molar-refractivity contribution in [3.8, 4) is 0 Å². The predicted octanol–water partition coefficient (Wildman–Crippen LogP) is 2.09. The summed E-state index contributed by atoms with van der Waals surface area (Å²) < 4.78 is 46.7.